The largest absolute Gasteiger partial charge is 0.336 e. The van der Waals surface area contributed by atoms with Gasteiger partial charge >= 0.3 is 0 Å². The van der Waals surface area contributed by atoms with Crippen LogP contribution in [0.15, 0.2) is 12.3 Å². The average Bonchev–Trinajstić information content (AvgIpc) is 2.47. The molecule has 0 radical (unpaired) electrons. The minimum atomic E-state index is -3.29. The van der Waals surface area contributed by atoms with Gasteiger partial charge in [0.15, 0.2) is 21.5 Å². The van der Waals surface area contributed by atoms with Gasteiger partial charge in [-0.1, -0.05) is 6.92 Å². The van der Waals surface area contributed by atoms with Crippen molar-refractivity contribution in [2.45, 2.75) is 18.2 Å². The third-order valence-corrected chi connectivity index (χ3v) is 6.84. The number of pyridine rings is 1. The van der Waals surface area contributed by atoms with E-state index in [1.54, 1.807) is 23.6 Å². The fraction of sp³-hybridized carbons (Fsp3) is 0.583. The second kappa shape index (κ2) is 6.49. The highest BCUT2D eigenvalue weighted by Crippen LogP contribution is 2.29. The maximum atomic E-state index is 14.3. The maximum absolute atomic E-state index is 14.3. The third kappa shape index (κ3) is 3.04. The molecular weight excluding hydrogens is 323 g/mol. The summed E-state index contributed by atoms with van der Waals surface area (Å²) < 4.78 is 38.7. The van der Waals surface area contributed by atoms with Crippen molar-refractivity contribution in [1.82, 2.24) is 4.98 Å². The predicted molar refractivity (Wildman–Crippen MR) is 81.7 cm³/mol. The number of sulfone groups is 1. The average molecular weight is 339 g/mol. The molecule has 0 N–H and O–H groups in total. The molecule has 0 aliphatic carbocycles. The Balaban J connectivity index is 2.43. The van der Waals surface area contributed by atoms with Crippen LogP contribution in [0.3, 0.4) is 0 Å². The molecule has 8 heteroatoms. The van der Waals surface area contributed by atoms with Crippen LogP contribution < -0.4 is 4.90 Å². The summed E-state index contributed by atoms with van der Waals surface area (Å²) in [6.45, 7) is 2.07. The highest BCUT2D eigenvalue weighted by Gasteiger charge is 2.35. The maximum Gasteiger partial charge on any atom is 0.171 e. The van der Waals surface area contributed by atoms with Crippen molar-refractivity contribution < 1.29 is 12.8 Å². The molecule has 0 bridgehead atoms. The van der Waals surface area contributed by atoms with Crippen LogP contribution in [0.2, 0.25) is 0 Å². The molecule has 2 heterocycles. The lowest BCUT2D eigenvalue weighted by Crippen LogP contribution is -2.48. The SMILES string of the molecule is CCS(=O)(=O)C1CSCCN1c1nccc(CCl)c1F. The molecule has 1 aliphatic heterocycles. The molecule has 1 unspecified atom stereocenters. The van der Waals surface area contributed by atoms with E-state index in [0.29, 0.717) is 17.9 Å². The smallest absolute Gasteiger partial charge is 0.171 e. The Labute approximate surface area is 127 Å². The Hall–Kier alpha value is -0.530. The van der Waals surface area contributed by atoms with Crippen LogP contribution >= 0.6 is 23.4 Å². The quantitative estimate of drug-likeness (QED) is 0.788. The first-order chi connectivity index (χ1) is 9.51. The molecule has 0 aromatic carbocycles. The van der Waals surface area contributed by atoms with E-state index in [1.807, 2.05) is 0 Å². The van der Waals surface area contributed by atoms with Crippen molar-refractivity contribution in [3.8, 4) is 0 Å². The number of hydrogen-bond acceptors (Lipinski definition) is 5. The monoisotopic (exact) mass is 338 g/mol. The molecule has 0 saturated carbocycles. The van der Waals surface area contributed by atoms with Crippen LogP contribution in [0, 0.1) is 5.82 Å². The summed E-state index contributed by atoms with van der Waals surface area (Å²) in [7, 11) is -3.29. The van der Waals surface area contributed by atoms with Crippen molar-refractivity contribution in [2.75, 3.05) is 28.7 Å². The molecular formula is C12H16ClFN2O2S2. The van der Waals surface area contributed by atoms with Crippen LogP contribution in [0.5, 0.6) is 0 Å². The van der Waals surface area contributed by atoms with Gasteiger partial charge in [-0.15, -0.1) is 11.6 Å². The lowest BCUT2D eigenvalue weighted by atomic mass is 10.2. The van der Waals surface area contributed by atoms with Gasteiger partial charge in [-0.3, -0.25) is 0 Å². The third-order valence-electron chi connectivity index (χ3n) is 3.27. The van der Waals surface area contributed by atoms with E-state index in [0.717, 1.165) is 5.75 Å². The fourth-order valence-corrected chi connectivity index (χ4v) is 5.26. The Morgan fingerprint density at radius 2 is 2.35 bits per heavy atom. The van der Waals surface area contributed by atoms with E-state index in [1.165, 1.54) is 12.3 Å². The standard InChI is InChI=1S/C12H16ClFN2O2S2/c1-2-20(17,18)10-8-19-6-5-16(10)12-11(14)9(7-13)3-4-15-12/h3-4,10H,2,5-8H2,1H3. The lowest BCUT2D eigenvalue weighted by Gasteiger charge is -2.35. The number of thioether (sulfide) groups is 1. The summed E-state index contributed by atoms with van der Waals surface area (Å²) in [6, 6.07) is 1.51. The van der Waals surface area contributed by atoms with Crippen molar-refractivity contribution >= 4 is 39.0 Å². The fourth-order valence-electron chi connectivity index (χ4n) is 2.09. The summed E-state index contributed by atoms with van der Waals surface area (Å²) in [5.41, 5.74) is 0.336. The van der Waals surface area contributed by atoms with Crippen LogP contribution in [0.1, 0.15) is 12.5 Å². The molecule has 1 aliphatic rings. The Morgan fingerprint density at radius 3 is 3.00 bits per heavy atom. The molecule has 112 valence electrons. The second-order valence-electron chi connectivity index (χ2n) is 4.42. The van der Waals surface area contributed by atoms with E-state index in [2.05, 4.69) is 4.98 Å². The van der Waals surface area contributed by atoms with E-state index < -0.39 is 21.0 Å². The number of alkyl halides is 1. The lowest BCUT2D eigenvalue weighted by molar-refractivity contribution is 0.569. The van der Waals surface area contributed by atoms with E-state index in [9.17, 15) is 12.8 Å². The van der Waals surface area contributed by atoms with Crippen molar-refractivity contribution in [3.63, 3.8) is 0 Å². The molecule has 1 aromatic rings. The molecule has 0 spiro atoms. The number of aromatic nitrogens is 1. The molecule has 20 heavy (non-hydrogen) atoms. The van der Waals surface area contributed by atoms with E-state index >= 15 is 0 Å². The first kappa shape index (κ1) is 15.9. The summed E-state index contributed by atoms with van der Waals surface area (Å²) in [5, 5.41) is -0.723. The Kier molecular flexibility index (Phi) is 5.14. The first-order valence-corrected chi connectivity index (χ1v) is 9.67. The molecule has 2 rings (SSSR count). The van der Waals surface area contributed by atoms with Crippen molar-refractivity contribution in [3.05, 3.63) is 23.6 Å². The molecule has 4 nitrogen and oxygen atoms in total. The molecule has 1 aromatic heterocycles. The zero-order chi connectivity index (χ0) is 14.8. The summed E-state index contributed by atoms with van der Waals surface area (Å²) in [6.07, 6.45) is 1.47. The van der Waals surface area contributed by atoms with Gasteiger partial charge < -0.3 is 4.90 Å². The number of hydrogen-bond donors (Lipinski definition) is 0. The molecule has 1 atom stereocenters. The van der Waals surface area contributed by atoms with Gasteiger partial charge in [-0.05, 0) is 6.07 Å². The number of nitrogens with zero attached hydrogens (tertiary/aromatic N) is 2. The summed E-state index contributed by atoms with van der Waals surface area (Å²) in [4.78, 5) is 5.58. The number of rotatable bonds is 4. The molecule has 1 fully saturated rings. The topological polar surface area (TPSA) is 50.3 Å². The van der Waals surface area contributed by atoms with Crippen LogP contribution in [-0.4, -0.2) is 42.6 Å². The highest BCUT2D eigenvalue weighted by molar-refractivity contribution is 8.01. The normalized spacial score (nSPS) is 20.1. The minimum absolute atomic E-state index is 0.0333. The van der Waals surface area contributed by atoms with Gasteiger partial charge in [0.25, 0.3) is 0 Å². The second-order valence-corrected chi connectivity index (χ2v) is 8.28. The summed E-state index contributed by atoms with van der Waals surface area (Å²) >= 11 is 7.25. The van der Waals surface area contributed by atoms with Crippen LogP contribution in [-0.2, 0) is 15.7 Å². The van der Waals surface area contributed by atoms with E-state index in [4.69, 9.17) is 11.6 Å². The zero-order valence-electron chi connectivity index (χ0n) is 11.1. The van der Waals surface area contributed by atoms with Gasteiger partial charge in [0.1, 0.15) is 5.37 Å². The van der Waals surface area contributed by atoms with Crippen molar-refractivity contribution in [1.29, 1.82) is 0 Å². The molecule has 1 saturated heterocycles. The predicted octanol–water partition coefficient (Wildman–Crippen LogP) is 2.27. The van der Waals surface area contributed by atoms with Gasteiger partial charge in [-0.25, -0.2) is 17.8 Å². The minimum Gasteiger partial charge on any atom is -0.336 e. The molecule has 0 amide bonds. The first-order valence-electron chi connectivity index (χ1n) is 6.26. The number of halogens is 2. The van der Waals surface area contributed by atoms with Gasteiger partial charge in [0, 0.05) is 35.6 Å². The van der Waals surface area contributed by atoms with Crippen LogP contribution in [0.4, 0.5) is 10.2 Å². The number of anilines is 1. The van der Waals surface area contributed by atoms with Gasteiger partial charge in [-0.2, -0.15) is 11.8 Å². The van der Waals surface area contributed by atoms with Gasteiger partial charge in [0.05, 0.1) is 5.88 Å². The zero-order valence-corrected chi connectivity index (χ0v) is 13.4. The van der Waals surface area contributed by atoms with Crippen molar-refractivity contribution in [2.24, 2.45) is 0 Å². The van der Waals surface area contributed by atoms with E-state index in [-0.39, 0.29) is 17.5 Å². The Bertz CT molecular complexity index is 583. The Morgan fingerprint density at radius 1 is 1.60 bits per heavy atom. The summed E-state index contributed by atoms with van der Waals surface area (Å²) in [5.74, 6) is 0.821. The van der Waals surface area contributed by atoms with Crippen LogP contribution in [0.25, 0.3) is 0 Å². The highest BCUT2D eigenvalue weighted by atomic mass is 35.5. The van der Waals surface area contributed by atoms with Gasteiger partial charge in [0.2, 0.25) is 0 Å².